The minimum absolute atomic E-state index is 0.150. The summed E-state index contributed by atoms with van der Waals surface area (Å²) in [5.41, 5.74) is 2.39. The first-order chi connectivity index (χ1) is 15.2. The van der Waals surface area contributed by atoms with E-state index >= 15 is 0 Å². The standard InChI is InChI=1S/C22H23F3N6O/c1-13-18(11-31(3)29-13)28-20-9-17(15(10-26-20)22(23,24)25)27-16-6-4-5-14-7-8-30(2)19(12-32)21(14)16/h4-6,9-12,19H,7-8H2,1-3H3,(H2,26,27,28). The Morgan fingerprint density at radius 3 is 2.59 bits per heavy atom. The van der Waals surface area contributed by atoms with Gasteiger partial charge in [0.15, 0.2) is 0 Å². The SMILES string of the molecule is Cc1nn(C)cc1Nc1cc(Nc2cccc3c2C(C=O)N(C)CC3)c(C(F)(F)F)cn1. The van der Waals surface area contributed by atoms with Gasteiger partial charge in [0, 0.05) is 43.3 Å². The largest absolute Gasteiger partial charge is 0.419 e. The first-order valence-electron chi connectivity index (χ1n) is 10.1. The number of fused-ring (bicyclic) bond motifs is 1. The first kappa shape index (κ1) is 21.8. The molecule has 1 aliphatic heterocycles. The lowest BCUT2D eigenvalue weighted by Crippen LogP contribution is -2.33. The van der Waals surface area contributed by atoms with Crippen LogP contribution in [0.3, 0.4) is 0 Å². The molecule has 0 fully saturated rings. The highest BCUT2D eigenvalue weighted by molar-refractivity contribution is 5.76. The lowest BCUT2D eigenvalue weighted by molar-refractivity contribution is -0.137. The quantitative estimate of drug-likeness (QED) is 0.570. The van der Waals surface area contributed by atoms with Gasteiger partial charge < -0.3 is 15.4 Å². The molecule has 0 saturated carbocycles. The van der Waals surface area contributed by atoms with Gasteiger partial charge in [-0.1, -0.05) is 12.1 Å². The molecule has 0 saturated heterocycles. The van der Waals surface area contributed by atoms with Crippen molar-refractivity contribution in [1.82, 2.24) is 19.7 Å². The Balaban J connectivity index is 1.76. The fourth-order valence-electron chi connectivity index (χ4n) is 3.98. The molecule has 1 aliphatic rings. The Hall–Kier alpha value is -3.40. The van der Waals surface area contributed by atoms with E-state index in [1.54, 1.807) is 37.0 Å². The molecule has 168 valence electrons. The summed E-state index contributed by atoms with van der Waals surface area (Å²) < 4.78 is 42.8. The predicted molar refractivity (Wildman–Crippen MR) is 115 cm³/mol. The number of rotatable bonds is 5. The van der Waals surface area contributed by atoms with Crippen molar-refractivity contribution >= 4 is 29.2 Å². The second-order valence-corrected chi connectivity index (χ2v) is 7.85. The van der Waals surface area contributed by atoms with E-state index in [1.165, 1.54) is 6.07 Å². The van der Waals surface area contributed by atoms with Crippen LogP contribution in [0.25, 0.3) is 0 Å². The molecule has 1 unspecified atom stereocenters. The van der Waals surface area contributed by atoms with E-state index in [4.69, 9.17) is 0 Å². The topological polar surface area (TPSA) is 75.1 Å². The molecule has 2 aromatic heterocycles. The average Bonchev–Trinajstić information content (AvgIpc) is 3.04. The summed E-state index contributed by atoms with van der Waals surface area (Å²) in [5, 5.41) is 10.2. The van der Waals surface area contributed by atoms with Crippen LogP contribution in [0.15, 0.2) is 36.7 Å². The van der Waals surface area contributed by atoms with Gasteiger partial charge >= 0.3 is 6.18 Å². The molecular formula is C22H23F3N6O. The van der Waals surface area contributed by atoms with Crippen LogP contribution >= 0.6 is 0 Å². The van der Waals surface area contributed by atoms with Gasteiger partial charge in [0.1, 0.15) is 12.1 Å². The highest BCUT2D eigenvalue weighted by Crippen LogP contribution is 2.40. The van der Waals surface area contributed by atoms with Crippen LogP contribution in [0.2, 0.25) is 0 Å². The summed E-state index contributed by atoms with van der Waals surface area (Å²) in [4.78, 5) is 17.6. The van der Waals surface area contributed by atoms with Crippen LogP contribution < -0.4 is 10.6 Å². The van der Waals surface area contributed by atoms with E-state index in [-0.39, 0.29) is 11.5 Å². The van der Waals surface area contributed by atoms with Crippen LogP contribution in [-0.2, 0) is 24.4 Å². The number of aldehydes is 1. The van der Waals surface area contributed by atoms with Crippen molar-refractivity contribution in [3.05, 3.63) is 59.0 Å². The third kappa shape index (κ3) is 4.18. The van der Waals surface area contributed by atoms with Crippen LogP contribution in [0, 0.1) is 6.92 Å². The normalized spacial score (nSPS) is 16.5. The zero-order valence-electron chi connectivity index (χ0n) is 17.9. The molecular weight excluding hydrogens is 421 g/mol. The van der Waals surface area contributed by atoms with Gasteiger partial charge in [0.05, 0.1) is 28.7 Å². The van der Waals surface area contributed by atoms with Crippen molar-refractivity contribution in [2.75, 3.05) is 24.2 Å². The molecule has 1 atom stereocenters. The number of aromatic nitrogens is 3. The van der Waals surface area contributed by atoms with E-state index in [9.17, 15) is 18.0 Å². The van der Waals surface area contributed by atoms with E-state index in [0.717, 1.165) is 18.0 Å². The predicted octanol–water partition coefficient (Wildman–Crippen LogP) is 4.36. The Bertz CT molecular complexity index is 1160. The Labute approximate surface area is 183 Å². The number of hydrogen-bond acceptors (Lipinski definition) is 6. The minimum atomic E-state index is -4.60. The van der Waals surface area contributed by atoms with Gasteiger partial charge in [-0.2, -0.15) is 18.3 Å². The van der Waals surface area contributed by atoms with Gasteiger partial charge in [-0.05, 0) is 32.0 Å². The van der Waals surface area contributed by atoms with Crippen molar-refractivity contribution in [3.63, 3.8) is 0 Å². The molecule has 3 aromatic rings. The molecule has 10 heteroatoms. The first-order valence-corrected chi connectivity index (χ1v) is 10.1. The molecule has 3 heterocycles. The molecule has 0 spiro atoms. The number of carbonyl (C=O) groups is 1. The number of alkyl halides is 3. The Kier molecular flexibility index (Phi) is 5.64. The fraction of sp³-hybridized carbons (Fsp3) is 0.318. The zero-order valence-corrected chi connectivity index (χ0v) is 17.9. The molecule has 0 bridgehead atoms. The minimum Gasteiger partial charge on any atom is -0.355 e. The van der Waals surface area contributed by atoms with Crippen molar-refractivity contribution < 1.29 is 18.0 Å². The number of halogens is 3. The van der Waals surface area contributed by atoms with Gasteiger partial charge in [0.2, 0.25) is 0 Å². The van der Waals surface area contributed by atoms with E-state index < -0.39 is 17.8 Å². The smallest absolute Gasteiger partial charge is 0.355 e. The molecule has 1 aromatic carbocycles. The maximum atomic E-state index is 13.7. The molecule has 2 N–H and O–H groups in total. The van der Waals surface area contributed by atoms with Crippen molar-refractivity contribution in [2.24, 2.45) is 7.05 Å². The maximum absolute atomic E-state index is 13.7. The average molecular weight is 444 g/mol. The van der Waals surface area contributed by atoms with Crippen molar-refractivity contribution in [1.29, 1.82) is 0 Å². The summed E-state index contributed by atoms with van der Waals surface area (Å²) >= 11 is 0. The molecule has 4 rings (SSSR count). The summed E-state index contributed by atoms with van der Waals surface area (Å²) in [6, 6.07) is 6.15. The third-order valence-corrected chi connectivity index (χ3v) is 5.58. The highest BCUT2D eigenvalue weighted by atomic mass is 19.4. The number of benzene rings is 1. The van der Waals surface area contributed by atoms with E-state index in [2.05, 4.69) is 20.7 Å². The van der Waals surface area contributed by atoms with Crippen LogP contribution in [-0.4, -0.2) is 39.5 Å². The third-order valence-electron chi connectivity index (χ3n) is 5.58. The number of pyridine rings is 1. The number of hydrogen-bond donors (Lipinski definition) is 2. The molecule has 0 aliphatic carbocycles. The second kappa shape index (κ2) is 8.27. The van der Waals surface area contributed by atoms with Crippen LogP contribution in [0.1, 0.15) is 28.4 Å². The monoisotopic (exact) mass is 444 g/mol. The summed E-state index contributed by atoms with van der Waals surface area (Å²) in [7, 11) is 3.58. The van der Waals surface area contributed by atoms with E-state index in [1.807, 2.05) is 18.0 Å². The maximum Gasteiger partial charge on any atom is 0.419 e. The van der Waals surface area contributed by atoms with Gasteiger partial charge in [-0.3, -0.25) is 9.58 Å². The van der Waals surface area contributed by atoms with Crippen molar-refractivity contribution in [3.8, 4) is 0 Å². The lowest BCUT2D eigenvalue weighted by atomic mass is 9.92. The summed E-state index contributed by atoms with van der Waals surface area (Å²) in [5.74, 6) is 0.241. The summed E-state index contributed by atoms with van der Waals surface area (Å²) in [6.45, 7) is 2.49. The number of carbonyl (C=O) groups excluding carboxylic acids is 1. The summed E-state index contributed by atoms with van der Waals surface area (Å²) in [6.07, 6.45) is -0.553. The van der Waals surface area contributed by atoms with Crippen LogP contribution in [0.5, 0.6) is 0 Å². The van der Waals surface area contributed by atoms with Crippen molar-refractivity contribution in [2.45, 2.75) is 25.6 Å². The van der Waals surface area contributed by atoms with E-state index in [0.29, 0.717) is 35.6 Å². The molecule has 32 heavy (non-hydrogen) atoms. The number of nitrogens with zero attached hydrogens (tertiary/aromatic N) is 4. The zero-order chi connectivity index (χ0) is 23.0. The van der Waals surface area contributed by atoms with Gasteiger partial charge in [0.25, 0.3) is 0 Å². The Morgan fingerprint density at radius 2 is 1.94 bits per heavy atom. The molecule has 0 amide bonds. The van der Waals surface area contributed by atoms with Gasteiger partial charge in [-0.15, -0.1) is 0 Å². The van der Waals surface area contributed by atoms with Gasteiger partial charge in [-0.25, -0.2) is 4.98 Å². The number of nitrogens with one attached hydrogen (secondary N) is 2. The number of likely N-dealkylation sites (N-methyl/N-ethyl adjacent to an activating group) is 1. The highest BCUT2D eigenvalue weighted by Gasteiger charge is 2.35. The lowest BCUT2D eigenvalue weighted by Gasteiger charge is -2.33. The molecule has 7 nitrogen and oxygen atoms in total. The fourth-order valence-corrected chi connectivity index (χ4v) is 3.98. The number of aryl methyl sites for hydroxylation is 2. The Morgan fingerprint density at radius 1 is 1.16 bits per heavy atom. The van der Waals surface area contributed by atoms with Crippen LogP contribution in [0.4, 0.5) is 36.1 Å². The number of anilines is 4. The molecule has 0 radical (unpaired) electrons. The second-order valence-electron chi connectivity index (χ2n) is 7.85.